The van der Waals surface area contributed by atoms with Gasteiger partial charge in [-0.05, 0) is 6.92 Å². The van der Waals surface area contributed by atoms with E-state index in [0.29, 0.717) is 5.69 Å². The van der Waals surface area contributed by atoms with Crippen molar-refractivity contribution in [2.45, 2.75) is 6.92 Å². The van der Waals surface area contributed by atoms with Crippen molar-refractivity contribution in [1.82, 2.24) is 9.78 Å². The molecule has 0 spiro atoms. The van der Waals surface area contributed by atoms with E-state index in [1.54, 1.807) is 14.0 Å². The zero-order valence-electron chi connectivity index (χ0n) is 5.18. The molecule has 0 bridgehead atoms. The summed E-state index contributed by atoms with van der Waals surface area (Å²) in [5.74, 6) is -0.228. The molecular formula is C5H6ClN2O-. The smallest absolute Gasteiger partial charge is 0.0773 e. The highest BCUT2D eigenvalue weighted by Crippen LogP contribution is 2.21. The molecule has 0 N–H and O–H groups in total. The summed E-state index contributed by atoms with van der Waals surface area (Å²) >= 11 is 5.50. The number of hydrogen-bond acceptors (Lipinski definition) is 2. The van der Waals surface area contributed by atoms with Gasteiger partial charge in [-0.3, -0.25) is 4.68 Å². The molecule has 1 rings (SSSR count). The van der Waals surface area contributed by atoms with E-state index in [9.17, 15) is 5.11 Å². The maximum Gasteiger partial charge on any atom is 0.0773 e. The first-order valence-electron chi connectivity index (χ1n) is 2.49. The lowest BCUT2D eigenvalue weighted by molar-refractivity contribution is -0.279. The predicted octanol–water partition coefficient (Wildman–Crippen LogP) is 0.456. The Labute approximate surface area is 57.9 Å². The van der Waals surface area contributed by atoms with Crippen molar-refractivity contribution in [1.29, 1.82) is 0 Å². The summed E-state index contributed by atoms with van der Waals surface area (Å²) in [6, 6.07) is 0. The number of halogens is 1. The lowest BCUT2D eigenvalue weighted by Crippen LogP contribution is -1.99. The van der Waals surface area contributed by atoms with E-state index in [0.717, 1.165) is 0 Å². The Balaban J connectivity index is 3.29. The van der Waals surface area contributed by atoms with Crippen molar-refractivity contribution in [3.63, 3.8) is 0 Å². The fourth-order valence-electron chi connectivity index (χ4n) is 0.611. The molecule has 3 nitrogen and oxygen atoms in total. The van der Waals surface area contributed by atoms with E-state index in [1.807, 2.05) is 0 Å². The van der Waals surface area contributed by atoms with E-state index >= 15 is 0 Å². The van der Waals surface area contributed by atoms with Gasteiger partial charge < -0.3 is 5.11 Å². The highest BCUT2D eigenvalue weighted by Gasteiger charge is 1.99. The third-order valence-corrected chi connectivity index (χ3v) is 1.53. The van der Waals surface area contributed by atoms with Crippen molar-refractivity contribution in [3.05, 3.63) is 10.7 Å². The fraction of sp³-hybridized carbons (Fsp3) is 0.400. The molecule has 0 aliphatic rings. The lowest BCUT2D eigenvalue weighted by atomic mass is 10.5. The van der Waals surface area contributed by atoms with Gasteiger partial charge in [-0.2, -0.15) is 5.10 Å². The number of nitrogens with zero attached hydrogens (tertiary/aromatic N) is 2. The summed E-state index contributed by atoms with van der Waals surface area (Å²) in [7, 11) is 1.57. The Morgan fingerprint density at radius 2 is 2.22 bits per heavy atom. The second-order valence-corrected chi connectivity index (χ2v) is 2.21. The maximum absolute atomic E-state index is 10.8. The normalized spacial score (nSPS) is 10.1. The second-order valence-electron chi connectivity index (χ2n) is 1.83. The highest BCUT2D eigenvalue weighted by molar-refractivity contribution is 6.32. The average molecular weight is 146 g/mol. The summed E-state index contributed by atoms with van der Waals surface area (Å²) in [6.07, 6.45) is 0. The Kier molecular flexibility index (Phi) is 1.37. The Bertz CT molecular complexity index is 209. The SMILES string of the molecule is Cc1nn(C)c([O-])c1Cl. The van der Waals surface area contributed by atoms with Gasteiger partial charge in [0.25, 0.3) is 0 Å². The minimum Gasteiger partial charge on any atom is -0.858 e. The second kappa shape index (κ2) is 1.92. The van der Waals surface area contributed by atoms with E-state index in [1.165, 1.54) is 4.68 Å². The van der Waals surface area contributed by atoms with E-state index in [2.05, 4.69) is 5.10 Å². The molecule has 0 saturated heterocycles. The highest BCUT2D eigenvalue weighted by atomic mass is 35.5. The van der Waals surface area contributed by atoms with Gasteiger partial charge in [-0.15, -0.1) is 0 Å². The van der Waals surface area contributed by atoms with Crippen LogP contribution in [0, 0.1) is 6.92 Å². The van der Waals surface area contributed by atoms with Crippen LogP contribution in [0.3, 0.4) is 0 Å². The maximum atomic E-state index is 10.8. The molecule has 0 aliphatic carbocycles. The molecule has 0 radical (unpaired) electrons. The van der Waals surface area contributed by atoms with Crippen LogP contribution in [-0.2, 0) is 7.05 Å². The van der Waals surface area contributed by atoms with Crippen molar-refractivity contribution in [2.24, 2.45) is 7.05 Å². The monoisotopic (exact) mass is 145 g/mol. The number of aromatic nitrogens is 2. The van der Waals surface area contributed by atoms with Gasteiger partial charge in [0.15, 0.2) is 0 Å². The molecule has 9 heavy (non-hydrogen) atoms. The third-order valence-electron chi connectivity index (χ3n) is 1.10. The van der Waals surface area contributed by atoms with E-state index < -0.39 is 0 Å². The first-order chi connectivity index (χ1) is 4.13. The van der Waals surface area contributed by atoms with Crippen LogP contribution in [0.25, 0.3) is 0 Å². The molecule has 0 unspecified atom stereocenters. The molecule has 0 fully saturated rings. The van der Waals surface area contributed by atoms with Gasteiger partial charge in [-0.25, -0.2) is 0 Å². The molecule has 1 aromatic rings. The first-order valence-corrected chi connectivity index (χ1v) is 2.87. The van der Waals surface area contributed by atoms with Crippen LogP contribution >= 0.6 is 11.6 Å². The van der Waals surface area contributed by atoms with E-state index in [-0.39, 0.29) is 10.9 Å². The largest absolute Gasteiger partial charge is 0.858 e. The van der Waals surface area contributed by atoms with Crippen LogP contribution in [0.2, 0.25) is 5.02 Å². The quantitative estimate of drug-likeness (QED) is 0.532. The summed E-state index contributed by atoms with van der Waals surface area (Å²) < 4.78 is 1.22. The van der Waals surface area contributed by atoms with Crippen LogP contribution in [0.1, 0.15) is 5.69 Å². The molecule has 0 atom stereocenters. The first kappa shape index (κ1) is 6.42. The summed E-state index contributed by atoms with van der Waals surface area (Å²) in [5, 5.41) is 14.8. The summed E-state index contributed by atoms with van der Waals surface area (Å²) in [4.78, 5) is 0. The van der Waals surface area contributed by atoms with Crippen LogP contribution in [-0.4, -0.2) is 9.78 Å². The molecule has 4 heteroatoms. The molecule has 50 valence electrons. The van der Waals surface area contributed by atoms with Gasteiger partial charge in [0.05, 0.1) is 10.7 Å². The molecule has 0 aliphatic heterocycles. The van der Waals surface area contributed by atoms with Crippen molar-refractivity contribution >= 4 is 11.6 Å². The number of hydrogen-bond donors (Lipinski definition) is 0. The van der Waals surface area contributed by atoms with Crippen LogP contribution in [0.4, 0.5) is 0 Å². The molecule has 1 aromatic heterocycles. The topological polar surface area (TPSA) is 40.9 Å². The average Bonchev–Trinajstić information content (AvgIpc) is 1.98. The van der Waals surface area contributed by atoms with Crippen molar-refractivity contribution in [3.8, 4) is 5.88 Å². The molecular weight excluding hydrogens is 140 g/mol. The molecule has 0 aromatic carbocycles. The Hall–Kier alpha value is -0.700. The van der Waals surface area contributed by atoms with Gasteiger partial charge in [0.1, 0.15) is 0 Å². The van der Waals surface area contributed by atoms with Crippen molar-refractivity contribution in [2.75, 3.05) is 0 Å². The minimum absolute atomic E-state index is 0.220. The van der Waals surface area contributed by atoms with Gasteiger partial charge in [-0.1, -0.05) is 11.6 Å². The zero-order valence-corrected chi connectivity index (χ0v) is 5.94. The van der Waals surface area contributed by atoms with Crippen LogP contribution < -0.4 is 5.11 Å². The number of aryl methyl sites for hydroxylation is 2. The predicted molar refractivity (Wildman–Crippen MR) is 32.4 cm³/mol. The third kappa shape index (κ3) is 0.876. The fourth-order valence-corrected chi connectivity index (χ4v) is 0.771. The van der Waals surface area contributed by atoms with Gasteiger partial charge in [0.2, 0.25) is 0 Å². The standard InChI is InChI=1S/C5H7ClN2O/c1-3-4(6)5(9)8(2)7-3/h9H,1-2H3/p-1. The Morgan fingerprint density at radius 3 is 2.33 bits per heavy atom. The molecule has 1 heterocycles. The van der Waals surface area contributed by atoms with Crippen LogP contribution in [0.15, 0.2) is 0 Å². The lowest BCUT2D eigenvalue weighted by Gasteiger charge is -2.03. The van der Waals surface area contributed by atoms with Gasteiger partial charge in [0, 0.05) is 12.9 Å². The van der Waals surface area contributed by atoms with E-state index in [4.69, 9.17) is 11.6 Å². The Morgan fingerprint density at radius 1 is 1.67 bits per heavy atom. The van der Waals surface area contributed by atoms with Crippen LogP contribution in [0.5, 0.6) is 5.88 Å². The van der Waals surface area contributed by atoms with Crippen molar-refractivity contribution < 1.29 is 5.11 Å². The molecule has 0 amide bonds. The van der Waals surface area contributed by atoms with Gasteiger partial charge >= 0.3 is 0 Å². The molecule has 0 saturated carbocycles. The summed E-state index contributed by atoms with van der Waals surface area (Å²) in [6.45, 7) is 1.70. The summed E-state index contributed by atoms with van der Waals surface area (Å²) in [5.41, 5.74) is 0.587. The minimum atomic E-state index is -0.228. The number of rotatable bonds is 0. The zero-order chi connectivity index (χ0) is 7.02.